The smallest absolute Gasteiger partial charge is 0.253 e. The number of nitrogens with one attached hydrogen (secondary N) is 2. The standard InChI is InChI=1S/C24H24ClN5O2/c1-4-22(31)27-19-11-7-16(8-12-19)23-28-20(25)15-21(29-23)26-18-13-9-17(10-14-18)24(32)30(5-2)6-3/h4,7-15H,1,5-6H2,2-3H3,(H,27,31)(H,26,28,29). The van der Waals surface area contributed by atoms with Gasteiger partial charge in [0.05, 0.1) is 0 Å². The van der Waals surface area contributed by atoms with Gasteiger partial charge in [-0.1, -0.05) is 18.2 Å². The van der Waals surface area contributed by atoms with E-state index in [2.05, 4.69) is 27.2 Å². The van der Waals surface area contributed by atoms with E-state index in [1.807, 2.05) is 26.0 Å². The summed E-state index contributed by atoms with van der Waals surface area (Å²) in [6.45, 7) is 8.68. The summed E-state index contributed by atoms with van der Waals surface area (Å²) < 4.78 is 0. The highest BCUT2D eigenvalue weighted by atomic mass is 35.5. The minimum absolute atomic E-state index is 0.00152. The van der Waals surface area contributed by atoms with Gasteiger partial charge in [0.2, 0.25) is 5.91 Å². The molecule has 0 bridgehead atoms. The first-order valence-corrected chi connectivity index (χ1v) is 10.6. The van der Waals surface area contributed by atoms with Gasteiger partial charge in [-0.25, -0.2) is 9.97 Å². The van der Waals surface area contributed by atoms with Gasteiger partial charge >= 0.3 is 0 Å². The maximum atomic E-state index is 12.5. The number of anilines is 3. The summed E-state index contributed by atoms with van der Waals surface area (Å²) in [7, 11) is 0. The summed E-state index contributed by atoms with van der Waals surface area (Å²) in [6.07, 6.45) is 1.21. The molecule has 0 aliphatic rings. The summed E-state index contributed by atoms with van der Waals surface area (Å²) in [4.78, 5) is 34.5. The normalized spacial score (nSPS) is 10.3. The molecule has 0 atom stereocenters. The van der Waals surface area contributed by atoms with Crippen molar-refractivity contribution in [1.82, 2.24) is 14.9 Å². The fourth-order valence-corrected chi connectivity index (χ4v) is 3.23. The number of benzene rings is 2. The van der Waals surface area contributed by atoms with E-state index in [-0.39, 0.29) is 17.0 Å². The number of nitrogens with zero attached hydrogens (tertiary/aromatic N) is 3. The van der Waals surface area contributed by atoms with E-state index in [1.165, 1.54) is 6.08 Å². The van der Waals surface area contributed by atoms with Gasteiger partial charge in [0.15, 0.2) is 5.82 Å². The fourth-order valence-electron chi connectivity index (χ4n) is 3.04. The van der Waals surface area contributed by atoms with Gasteiger partial charge in [0.1, 0.15) is 11.0 Å². The van der Waals surface area contributed by atoms with Crippen LogP contribution in [-0.4, -0.2) is 39.8 Å². The molecule has 1 aromatic heterocycles. The molecular formula is C24H24ClN5O2. The van der Waals surface area contributed by atoms with E-state index in [0.29, 0.717) is 36.0 Å². The Bertz CT molecular complexity index is 1110. The van der Waals surface area contributed by atoms with Crippen LogP contribution in [0, 0.1) is 0 Å². The number of amides is 2. The molecule has 32 heavy (non-hydrogen) atoms. The van der Waals surface area contributed by atoms with Crippen LogP contribution < -0.4 is 10.6 Å². The first-order chi connectivity index (χ1) is 15.4. The second kappa shape index (κ2) is 10.5. The lowest BCUT2D eigenvalue weighted by Gasteiger charge is -2.18. The molecule has 3 rings (SSSR count). The molecule has 2 aromatic carbocycles. The summed E-state index contributed by atoms with van der Waals surface area (Å²) in [5, 5.41) is 6.17. The lowest BCUT2D eigenvalue weighted by molar-refractivity contribution is -0.111. The molecule has 2 N–H and O–H groups in total. The number of rotatable bonds is 8. The summed E-state index contributed by atoms with van der Waals surface area (Å²) in [5.41, 5.74) is 2.78. The van der Waals surface area contributed by atoms with Gasteiger partial charge in [-0.2, -0.15) is 0 Å². The molecule has 0 unspecified atom stereocenters. The van der Waals surface area contributed by atoms with Gasteiger partial charge in [0.25, 0.3) is 5.91 Å². The monoisotopic (exact) mass is 449 g/mol. The topological polar surface area (TPSA) is 87.2 Å². The van der Waals surface area contributed by atoms with Crippen LogP contribution in [0.2, 0.25) is 5.15 Å². The highest BCUT2D eigenvalue weighted by Crippen LogP contribution is 2.24. The van der Waals surface area contributed by atoms with Crippen LogP contribution in [0.25, 0.3) is 11.4 Å². The van der Waals surface area contributed by atoms with Crippen LogP contribution in [0.4, 0.5) is 17.2 Å². The number of carbonyl (C=O) groups is 2. The van der Waals surface area contributed by atoms with Crippen LogP contribution in [0.3, 0.4) is 0 Å². The Kier molecular flexibility index (Phi) is 7.57. The third-order valence-electron chi connectivity index (χ3n) is 4.75. The molecule has 0 aliphatic heterocycles. The van der Waals surface area contributed by atoms with Crippen molar-refractivity contribution in [3.63, 3.8) is 0 Å². The molecule has 8 heteroatoms. The Morgan fingerprint density at radius 3 is 2.22 bits per heavy atom. The average molecular weight is 450 g/mol. The third-order valence-corrected chi connectivity index (χ3v) is 4.94. The lowest BCUT2D eigenvalue weighted by atomic mass is 10.1. The maximum Gasteiger partial charge on any atom is 0.253 e. The van der Waals surface area contributed by atoms with Crippen molar-refractivity contribution < 1.29 is 9.59 Å². The Labute approximate surface area is 192 Å². The van der Waals surface area contributed by atoms with Gasteiger partial charge in [0, 0.05) is 41.7 Å². The SMILES string of the molecule is C=CC(=O)Nc1ccc(-c2nc(Cl)cc(Nc3ccc(C(=O)N(CC)CC)cc3)n2)cc1. The summed E-state index contributed by atoms with van der Waals surface area (Å²) in [6, 6.07) is 15.9. The summed E-state index contributed by atoms with van der Waals surface area (Å²) >= 11 is 6.21. The number of carbonyl (C=O) groups excluding carboxylic acids is 2. The van der Waals surface area contributed by atoms with E-state index in [9.17, 15) is 9.59 Å². The van der Waals surface area contributed by atoms with Crippen LogP contribution in [0.1, 0.15) is 24.2 Å². The minimum atomic E-state index is -0.284. The zero-order valence-electron chi connectivity index (χ0n) is 17.9. The molecule has 0 saturated carbocycles. The van der Waals surface area contributed by atoms with E-state index < -0.39 is 0 Å². The second-order valence-corrected chi connectivity index (χ2v) is 7.24. The largest absolute Gasteiger partial charge is 0.340 e. The molecular weight excluding hydrogens is 426 g/mol. The van der Waals surface area contributed by atoms with Crippen molar-refractivity contribution >= 4 is 40.6 Å². The quantitative estimate of drug-likeness (QED) is 0.367. The Balaban J connectivity index is 1.77. The van der Waals surface area contributed by atoms with Gasteiger partial charge in [-0.05, 0) is 68.5 Å². The highest BCUT2D eigenvalue weighted by molar-refractivity contribution is 6.29. The predicted molar refractivity (Wildman–Crippen MR) is 128 cm³/mol. The Hall–Kier alpha value is -3.71. The molecule has 0 fully saturated rings. The van der Waals surface area contributed by atoms with Crippen molar-refractivity contribution in [3.05, 3.63) is 78.0 Å². The van der Waals surface area contributed by atoms with Crippen molar-refractivity contribution in [2.75, 3.05) is 23.7 Å². The van der Waals surface area contributed by atoms with Crippen LogP contribution in [0.5, 0.6) is 0 Å². The second-order valence-electron chi connectivity index (χ2n) is 6.85. The molecule has 164 valence electrons. The maximum absolute atomic E-state index is 12.5. The van der Waals surface area contributed by atoms with Crippen LogP contribution in [0.15, 0.2) is 67.3 Å². The number of halogens is 1. The molecule has 3 aromatic rings. The fraction of sp³-hybridized carbons (Fsp3) is 0.167. The van der Waals surface area contributed by atoms with Crippen molar-refractivity contribution in [2.24, 2.45) is 0 Å². The van der Waals surface area contributed by atoms with E-state index in [0.717, 1.165) is 11.3 Å². The summed E-state index contributed by atoms with van der Waals surface area (Å²) in [5.74, 6) is 0.677. The number of aromatic nitrogens is 2. The Morgan fingerprint density at radius 1 is 1.00 bits per heavy atom. The number of hydrogen-bond donors (Lipinski definition) is 2. The average Bonchev–Trinajstić information content (AvgIpc) is 2.80. The molecule has 0 spiro atoms. The first kappa shape index (κ1) is 23.0. The van der Waals surface area contributed by atoms with Crippen LogP contribution >= 0.6 is 11.6 Å². The van der Waals surface area contributed by atoms with Gasteiger partial charge < -0.3 is 15.5 Å². The highest BCUT2D eigenvalue weighted by Gasteiger charge is 2.12. The molecule has 1 heterocycles. The van der Waals surface area contributed by atoms with E-state index >= 15 is 0 Å². The van der Waals surface area contributed by atoms with E-state index in [4.69, 9.17) is 11.6 Å². The van der Waals surface area contributed by atoms with Crippen molar-refractivity contribution in [3.8, 4) is 11.4 Å². The molecule has 0 saturated heterocycles. The molecule has 0 aliphatic carbocycles. The molecule has 7 nitrogen and oxygen atoms in total. The van der Waals surface area contributed by atoms with Gasteiger partial charge in [-0.3, -0.25) is 9.59 Å². The molecule has 2 amide bonds. The van der Waals surface area contributed by atoms with Gasteiger partial charge in [-0.15, -0.1) is 0 Å². The third kappa shape index (κ3) is 5.70. The first-order valence-electron chi connectivity index (χ1n) is 10.2. The van der Waals surface area contributed by atoms with Crippen LogP contribution in [-0.2, 0) is 4.79 Å². The number of hydrogen-bond acceptors (Lipinski definition) is 5. The zero-order valence-corrected chi connectivity index (χ0v) is 18.7. The lowest BCUT2D eigenvalue weighted by Crippen LogP contribution is -2.30. The van der Waals surface area contributed by atoms with Crippen molar-refractivity contribution in [2.45, 2.75) is 13.8 Å². The Morgan fingerprint density at radius 2 is 1.62 bits per heavy atom. The predicted octanol–water partition coefficient (Wildman–Crippen LogP) is 5.15. The zero-order chi connectivity index (χ0) is 23.1. The minimum Gasteiger partial charge on any atom is -0.340 e. The van der Waals surface area contributed by atoms with E-state index in [1.54, 1.807) is 47.4 Å². The molecule has 0 radical (unpaired) electrons. The van der Waals surface area contributed by atoms with Crippen molar-refractivity contribution in [1.29, 1.82) is 0 Å².